The average molecular weight is 417 g/mol. The van der Waals surface area contributed by atoms with Crippen LogP contribution in [-0.2, 0) is 14.3 Å². The predicted octanol–water partition coefficient (Wildman–Crippen LogP) is 1.85. The number of amides is 2. The fourth-order valence-corrected chi connectivity index (χ4v) is 4.32. The molecule has 10 heteroatoms. The molecule has 0 unspecified atom stereocenters. The van der Waals surface area contributed by atoms with Gasteiger partial charge in [-0.05, 0) is 25.0 Å². The van der Waals surface area contributed by atoms with E-state index >= 15 is 0 Å². The Labute approximate surface area is 173 Å². The van der Waals surface area contributed by atoms with Crippen LogP contribution in [0.25, 0.3) is 0 Å². The largest absolute Gasteiger partial charge is 0.371 e. The minimum atomic E-state index is -0.222. The van der Waals surface area contributed by atoms with Crippen LogP contribution in [0.5, 0.6) is 0 Å². The minimum absolute atomic E-state index is 0.00173. The SMILES string of the molecule is O=C(CCC(=O)N1CCN(c2ccccn2)CC1)Nc1nnc([C@@H]2CCCO2)s1. The van der Waals surface area contributed by atoms with Crippen molar-refractivity contribution in [3.63, 3.8) is 0 Å². The third-order valence-electron chi connectivity index (χ3n) is 5.06. The fourth-order valence-electron chi connectivity index (χ4n) is 3.47. The Morgan fingerprint density at radius 3 is 2.76 bits per heavy atom. The summed E-state index contributed by atoms with van der Waals surface area (Å²) in [5.41, 5.74) is 0. The van der Waals surface area contributed by atoms with Gasteiger partial charge in [0, 0.05) is 51.8 Å². The Morgan fingerprint density at radius 1 is 1.17 bits per heavy atom. The van der Waals surface area contributed by atoms with Crippen LogP contribution in [0.1, 0.15) is 36.8 Å². The third-order valence-corrected chi connectivity index (χ3v) is 5.99. The van der Waals surface area contributed by atoms with Gasteiger partial charge in [-0.2, -0.15) is 0 Å². The Morgan fingerprint density at radius 2 is 2.03 bits per heavy atom. The summed E-state index contributed by atoms with van der Waals surface area (Å²) in [5, 5.41) is 12.1. The summed E-state index contributed by atoms with van der Waals surface area (Å²) in [6.45, 7) is 3.50. The van der Waals surface area contributed by atoms with Crippen molar-refractivity contribution in [2.24, 2.45) is 0 Å². The number of rotatable bonds is 6. The summed E-state index contributed by atoms with van der Waals surface area (Å²) in [5.74, 6) is 0.706. The highest BCUT2D eigenvalue weighted by atomic mass is 32.1. The predicted molar refractivity (Wildman–Crippen MR) is 109 cm³/mol. The highest BCUT2D eigenvalue weighted by Crippen LogP contribution is 2.31. The molecule has 0 radical (unpaired) electrons. The van der Waals surface area contributed by atoms with E-state index in [9.17, 15) is 9.59 Å². The van der Waals surface area contributed by atoms with Gasteiger partial charge >= 0.3 is 0 Å². The average Bonchev–Trinajstić information content (AvgIpc) is 3.45. The number of pyridine rings is 1. The van der Waals surface area contributed by atoms with Crippen molar-refractivity contribution in [3.8, 4) is 0 Å². The molecule has 154 valence electrons. The molecule has 29 heavy (non-hydrogen) atoms. The van der Waals surface area contributed by atoms with Crippen molar-refractivity contribution in [2.75, 3.05) is 43.0 Å². The molecule has 1 N–H and O–H groups in total. The maximum absolute atomic E-state index is 12.4. The fraction of sp³-hybridized carbons (Fsp3) is 0.526. The van der Waals surface area contributed by atoms with E-state index in [2.05, 4.69) is 25.4 Å². The van der Waals surface area contributed by atoms with Gasteiger partial charge in [0.2, 0.25) is 16.9 Å². The molecule has 2 aromatic rings. The van der Waals surface area contributed by atoms with Crippen LogP contribution in [-0.4, -0.2) is 64.7 Å². The van der Waals surface area contributed by atoms with Crippen LogP contribution < -0.4 is 10.2 Å². The maximum atomic E-state index is 12.4. The monoisotopic (exact) mass is 416 g/mol. The van der Waals surface area contributed by atoms with E-state index < -0.39 is 0 Å². The van der Waals surface area contributed by atoms with Gasteiger partial charge in [0.25, 0.3) is 0 Å². The molecule has 2 aromatic heterocycles. The number of carbonyl (C=O) groups is 2. The van der Waals surface area contributed by atoms with Gasteiger partial charge in [-0.25, -0.2) is 4.98 Å². The number of ether oxygens (including phenoxy) is 1. The number of carbonyl (C=O) groups excluding carboxylic acids is 2. The second-order valence-electron chi connectivity index (χ2n) is 7.05. The number of hydrogen-bond donors (Lipinski definition) is 1. The summed E-state index contributed by atoms with van der Waals surface area (Å²) in [6.07, 6.45) is 4.03. The van der Waals surface area contributed by atoms with Gasteiger partial charge in [0.05, 0.1) is 0 Å². The maximum Gasteiger partial charge on any atom is 0.226 e. The topological polar surface area (TPSA) is 101 Å². The van der Waals surface area contributed by atoms with Crippen molar-refractivity contribution in [3.05, 3.63) is 29.4 Å². The first-order valence-electron chi connectivity index (χ1n) is 9.87. The number of nitrogens with one attached hydrogen (secondary N) is 1. The second-order valence-corrected chi connectivity index (χ2v) is 8.06. The Balaban J connectivity index is 1.19. The van der Waals surface area contributed by atoms with Crippen molar-refractivity contribution >= 4 is 34.1 Å². The number of aromatic nitrogens is 3. The summed E-state index contributed by atoms with van der Waals surface area (Å²) in [7, 11) is 0. The van der Waals surface area contributed by atoms with E-state index in [0.717, 1.165) is 43.4 Å². The van der Waals surface area contributed by atoms with E-state index in [-0.39, 0.29) is 30.8 Å². The first kappa shape index (κ1) is 19.7. The lowest BCUT2D eigenvalue weighted by molar-refractivity contribution is -0.133. The molecule has 4 rings (SSSR count). The van der Waals surface area contributed by atoms with Crippen LogP contribution >= 0.6 is 11.3 Å². The molecule has 9 nitrogen and oxygen atoms in total. The van der Waals surface area contributed by atoms with Gasteiger partial charge in [-0.1, -0.05) is 17.4 Å². The normalized spacial score (nSPS) is 19.4. The molecule has 2 fully saturated rings. The second kappa shape index (κ2) is 9.27. The molecule has 2 aliphatic heterocycles. The van der Waals surface area contributed by atoms with E-state index in [1.807, 2.05) is 23.1 Å². The van der Waals surface area contributed by atoms with E-state index in [1.54, 1.807) is 6.20 Å². The number of piperazine rings is 1. The van der Waals surface area contributed by atoms with Gasteiger partial charge in [0.1, 0.15) is 16.9 Å². The first-order valence-corrected chi connectivity index (χ1v) is 10.7. The summed E-state index contributed by atoms with van der Waals surface area (Å²) >= 11 is 1.33. The molecule has 2 saturated heterocycles. The zero-order chi connectivity index (χ0) is 20.1. The first-order chi connectivity index (χ1) is 14.2. The van der Waals surface area contributed by atoms with Crippen LogP contribution in [0.15, 0.2) is 24.4 Å². The molecule has 2 aliphatic rings. The lowest BCUT2D eigenvalue weighted by Gasteiger charge is -2.35. The third kappa shape index (κ3) is 5.07. The van der Waals surface area contributed by atoms with Crippen molar-refractivity contribution in [1.29, 1.82) is 0 Å². The molecule has 0 spiro atoms. The van der Waals surface area contributed by atoms with Crippen molar-refractivity contribution in [2.45, 2.75) is 31.8 Å². The zero-order valence-corrected chi connectivity index (χ0v) is 16.9. The minimum Gasteiger partial charge on any atom is -0.371 e. The van der Waals surface area contributed by atoms with Gasteiger partial charge in [-0.3, -0.25) is 9.59 Å². The Hall–Kier alpha value is -2.59. The van der Waals surface area contributed by atoms with Gasteiger partial charge < -0.3 is 19.9 Å². The molecular formula is C19H24N6O3S. The summed E-state index contributed by atoms with van der Waals surface area (Å²) in [6, 6.07) is 5.82. The Kier molecular flexibility index (Phi) is 6.30. The summed E-state index contributed by atoms with van der Waals surface area (Å²) < 4.78 is 5.58. The molecular weight excluding hydrogens is 392 g/mol. The molecule has 0 saturated carbocycles. The standard InChI is InChI=1S/C19H24N6O3S/c26-16(21-19-23-22-18(29-19)14-4-3-13-28-14)6-7-17(27)25-11-9-24(10-12-25)15-5-1-2-8-20-15/h1-2,5,8,14H,3-4,6-7,9-13H2,(H,21,23,26)/t14-/m0/s1. The number of nitrogens with zero attached hydrogens (tertiary/aromatic N) is 5. The molecule has 0 bridgehead atoms. The van der Waals surface area contributed by atoms with Gasteiger partial charge in [0.15, 0.2) is 0 Å². The molecule has 2 amide bonds. The van der Waals surface area contributed by atoms with Crippen LogP contribution in [0.2, 0.25) is 0 Å². The lowest BCUT2D eigenvalue weighted by Crippen LogP contribution is -2.49. The zero-order valence-electron chi connectivity index (χ0n) is 16.1. The van der Waals surface area contributed by atoms with E-state index in [1.165, 1.54) is 11.3 Å². The smallest absolute Gasteiger partial charge is 0.226 e. The molecule has 4 heterocycles. The molecule has 0 aromatic carbocycles. The van der Waals surface area contributed by atoms with Gasteiger partial charge in [-0.15, -0.1) is 10.2 Å². The van der Waals surface area contributed by atoms with Crippen LogP contribution in [0.3, 0.4) is 0 Å². The van der Waals surface area contributed by atoms with Crippen LogP contribution in [0.4, 0.5) is 10.9 Å². The van der Waals surface area contributed by atoms with E-state index in [0.29, 0.717) is 18.2 Å². The highest BCUT2D eigenvalue weighted by molar-refractivity contribution is 7.15. The van der Waals surface area contributed by atoms with Crippen LogP contribution in [0, 0.1) is 0 Å². The van der Waals surface area contributed by atoms with Crippen molar-refractivity contribution < 1.29 is 14.3 Å². The summed E-state index contributed by atoms with van der Waals surface area (Å²) in [4.78, 5) is 32.9. The molecule has 1 atom stereocenters. The number of anilines is 2. The lowest BCUT2D eigenvalue weighted by atomic mass is 10.2. The quantitative estimate of drug-likeness (QED) is 0.767. The number of hydrogen-bond acceptors (Lipinski definition) is 8. The van der Waals surface area contributed by atoms with E-state index in [4.69, 9.17) is 4.74 Å². The molecule has 0 aliphatic carbocycles. The Bertz CT molecular complexity index is 831. The highest BCUT2D eigenvalue weighted by Gasteiger charge is 2.24. The van der Waals surface area contributed by atoms with Crippen molar-refractivity contribution in [1.82, 2.24) is 20.1 Å².